The van der Waals surface area contributed by atoms with E-state index in [4.69, 9.17) is 0 Å². The fourth-order valence-corrected chi connectivity index (χ4v) is 1.69. The third kappa shape index (κ3) is 2.74. The first-order valence-electron chi connectivity index (χ1n) is 5.75. The molecule has 0 aliphatic carbocycles. The number of nitrogens with zero attached hydrogens (tertiary/aromatic N) is 3. The zero-order valence-electron chi connectivity index (χ0n) is 10.5. The molecule has 0 spiro atoms. The van der Waals surface area contributed by atoms with E-state index >= 15 is 0 Å². The molecule has 0 atom stereocenters. The smallest absolute Gasteiger partial charge is 0.276 e. The number of fused-ring (bicyclic) bond motifs is 1. The SMILES string of the molecule is CC(C)(C)NCCn1ccn2nccc2c1=O. The molecule has 1 N–H and O–H groups in total. The first kappa shape index (κ1) is 11.9. The van der Waals surface area contributed by atoms with Gasteiger partial charge in [0, 0.05) is 31.0 Å². The van der Waals surface area contributed by atoms with Gasteiger partial charge in [-0.25, -0.2) is 4.52 Å². The Kier molecular flexibility index (Phi) is 3.02. The minimum atomic E-state index is 0.000657. The van der Waals surface area contributed by atoms with E-state index in [1.165, 1.54) is 0 Å². The predicted octanol–water partition coefficient (Wildman–Crippen LogP) is 0.884. The Hall–Kier alpha value is -1.62. The van der Waals surface area contributed by atoms with Crippen LogP contribution in [0.3, 0.4) is 0 Å². The molecule has 2 aromatic heterocycles. The molecule has 0 fully saturated rings. The maximum Gasteiger partial charge on any atom is 0.276 e. The van der Waals surface area contributed by atoms with Crippen LogP contribution in [0.15, 0.2) is 29.5 Å². The van der Waals surface area contributed by atoms with Gasteiger partial charge in [-0.1, -0.05) is 0 Å². The molecule has 0 radical (unpaired) electrons. The van der Waals surface area contributed by atoms with E-state index in [0.29, 0.717) is 12.1 Å². The Labute approximate surface area is 100 Å². The summed E-state index contributed by atoms with van der Waals surface area (Å²) in [6, 6.07) is 1.73. The van der Waals surface area contributed by atoms with Crippen molar-refractivity contribution in [3.8, 4) is 0 Å². The van der Waals surface area contributed by atoms with Crippen LogP contribution in [-0.4, -0.2) is 26.3 Å². The molecular formula is C12H18N4O. The van der Waals surface area contributed by atoms with Crippen molar-refractivity contribution in [2.45, 2.75) is 32.9 Å². The van der Waals surface area contributed by atoms with Gasteiger partial charge in [0.2, 0.25) is 0 Å². The minimum absolute atomic E-state index is 0.000657. The highest BCUT2D eigenvalue weighted by molar-refractivity contribution is 5.42. The molecule has 0 aromatic carbocycles. The van der Waals surface area contributed by atoms with Crippen LogP contribution in [0.1, 0.15) is 20.8 Å². The lowest BCUT2D eigenvalue weighted by Crippen LogP contribution is -2.39. The van der Waals surface area contributed by atoms with Gasteiger partial charge < -0.3 is 9.88 Å². The molecule has 0 aliphatic heterocycles. The standard InChI is InChI=1S/C12H18N4O/c1-12(2,3)13-6-7-15-8-9-16-10(11(15)17)4-5-14-16/h4-5,8-9,13H,6-7H2,1-3H3. The molecule has 0 aliphatic rings. The van der Waals surface area contributed by atoms with Crippen molar-refractivity contribution in [3.05, 3.63) is 35.0 Å². The molecule has 2 aromatic rings. The predicted molar refractivity (Wildman–Crippen MR) is 67.2 cm³/mol. The second kappa shape index (κ2) is 4.33. The largest absolute Gasteiger partial charge is 0.311 e. The van der Waals surface area contributed by atoms with Gasteiger partial charge in [0.05, 0.1) is 6.20 Å². The maximum atomic E-state index is 12.0. The van der Waals surface area contributed by atoms with Crippen molar-refractivity contribution in [2.75, 3.05) is 6.54 Å². The Bertz CT molecular complexity index is 562. The van der Waals surface area contributed by atoms with E-state index in [1.807, 2.05) is 0 Å². The summed E-state index contributed by atoms with van der Waals surface area (Å²) in [6.45, 7) is 7.76. The fraction of sp³-hybridized carbons (Fsp3) is 0.500. The van der Waals surface area contributed by atoms with Gasteiger partial charge in [-0.2, -0.15) is 5.10 Å². The highest BCUT2D eigenvalue weighted by atomic mass is 16.1. The number of rotatable bonds is 3. The Morgan fingerprint density at radius 1 is 1.35 bits per heavy atom. The number of nitrogens with one attached hydrogen (secondary N) is 1. The van der Waals surface area contributed by atoms with Crippen molar-refractivity contribution in [3.63, 3.8) is 0 Å². The van der Waals surface area contributed by atoms with Crippen LogP contribution in [0.25, 0.3) is 5.52 Å². The summed E-state index contributed by atoms with van der Waals surface area (Å²) in [6.07, 6.45) is 5.20. The van der Waals surface area contributed by atoms with Crippen LogP contribution in [0, 0.1) is 0 Å². The summed E-state index contributed by atoms with van der Waals surface area (Å²) in [5, 5.41) is 7.39. The van der Waals surface area contributed by atoms with Gasteiger partial charge in [-0.05, 0) is 26.8 Å². The van der Waals surface area contributed by atoms with Gasteiger partial charge in [0.15, 0.2) is 0 Å². The highest BCUT2D eigenvalue weighted by Gasteiger charge is 2.08. The van der Waals surface area contributed by atoms with E-state index < -0.39 is 0 Å². The van der Waals surface area contributed by atoms with Gasteiger partial charge >= 0.3 is 0 Å². The van der Waals surface area contributed by atoms with Crippen LogP contribution in [0.2, 0.25) is 0 Å². The van der Waals surface area contributed by atoms with E-state index in [0.717, 1.165) is 6.54 Å². The lowest BCUT2D eigenvalue weighted by Gasteiger charge is -2.20. The van der Waals surface area contributed by atoms with E-state index in [9.17, 15) is 4.79 Å². The van der Waals surface area contributed by atoms with Crippen LogP contribution < -0.4 is 10.9 Å². The van der Waals surface area contributed by atoms with Crippen LogP contribution >= 0.6 is 0 Å². The second-order valence-corrected chi connectivity index (χ2v) is 5.13. The summed E-state index contributed by atoms with van der Waals surface area (Å²) in [5.41, 5.74) is 0.689. The summed E-state index contributed by atoms with van der Waals surface area (Å²) in [5.74, 6) is 0. The third-order valence-corrected chi connectivity index (χ3v) is 2.55. The fourth-order valence-electron chi connectivity index (χ4n) is 1.69. The number of aromatic nitrogens is 3. The van der Waals surface area contributed by atoms with Gasteiger partial charge in [0.1, 0.15) is 5.52 Å². The zero-order valence-corrected chi connectivity index (χ0v) is 10.5. The first-order chi connectivity index (χ1) is 7.97. The second-order valence-electron chi connectivity index (χ2n) is 5.13. The van der Waals surface area contributed by atoms with Crippen molar-refractivity contribution < 1.29 is 0 Å². The van der Waals surface area contributed by atoms with E-state index in [2.05, 4.69) is 31.2 Å². The molecule has 0 saturated carbocycles. The van der Waals surface area contributed by atoms with Gasteiger partial charge in [0.25, 0.3) is 5.56 Å². The van der Waals surface area contributed by atoms with Crippen LogP contribution in [0.4, 0.5) is 0 Å². The Morgan fingerprint density at radius 2 is 2.12 bits per heavy atom. The summed E-state index contributed by atoms with van der Waals surface area (Å²) < 4.78 is 3.30. The molecule has 0 unspecified atom stereocenters. The van der Waals surface area contributed by atoms with E-state index in [-0.39, 0.29) is 11.1 Å². The summed E-state index contributed by atoms with van der Waals surface area (Å²) in [4.78, 5) is 12.0. The lowest BCUT2D eigenvalue weighted by molar-refractivity contribution is 0.410. The molecule has 92 valence electrons. The monoisotopic (exact) mass is 234 g/mol. The van der Waals surface area contributed by atoms with Crippen molar-refractivity contribution >= 4 is 5.52 Å². The van der Waals surface area contributed by atoms with Crippen molar-refractivity contribution in [1.29, 1.82) is 0 Å². The highest BCUT2D eigenvalue weighted by Crippen LogP contribution is 1.98. The molecule has 5 heteroatoms. The number of hydrogen-bond donors (Lipinski definition) is 1. The molecule has 17 heavy (non-hydrogen) atoms. The van der Waals surface area contributed by atoms with Gasteiger partial charge in [-0.3, -0.25) is 4.79 Å². The molecule has 0 saturated heterocycles. The average Bonchev–Trinajstić information content (AvgIpc) is 2.68. The molecule has 5 nitrogen and oxygen atoms in total. The Balaban J connectivity index is 2.14. The summed E-state index contributed by atoms with van der Waals surface area (Å²) in [7, 11) is 0. The molecule has 0 bridgehead atoms. The molecule has 2 heterocycles. The summed E-state index contributed by atoms with van der Waals surface area (Å²) >= 11 is 0. The van der Waals surface area contributed by atoms with Crippen LogP contribution in [0.5, 0.6) is 0 Å². The zero-order chi connectivity index (χ0) is 12.5. The Morgan fingerprint density at radius 3 is 2.82 bits per heavy atom. The molecule has 2 rings (SSSR count). The topological polar surface area (TPSA) is 51.3 Å². The lowest BCUT2D eigenvalue weighted by atomic mass is 10.1. The van der Waals surface area contributed by atoms with Crippen LogP contribution in [-0.2, 0) is 6.54 Å². The molecule has 0 amide bonds. The first-order valence-corrected chi connectivity index (χ1v) is 5.75. The normalized spacial score (nSPS) is 12.2. The quantitative estimate of drug-likeness (QED) is 0.858. The third-order valence-electron chi connectivity index (χ3n) is 2.55. The minimum Gasteiger partial charge on any atom is -0.311 e. The number of hydrogen-bond acceptors (Lipinski definition) is 3. The maximum absolute atomic E-state index is 12.0. The molecular weight excluding hydrogens is 216 g/mol. The van der Waals surface area contributed by atoms with Crippen molar-refractivity contribution in [1.82, 2.24) is 19.5 Å². The van der Waals surface area contributed by atoms with E-state index in [1.54, 1.807) is 33.7 Å². The van der Waals surface area contributed by atoms with Gasteiger partial charge in [-0.15, -0.1) is 0 Å². The average molecular weight is 234 g/mol. The van der Waals surface area contributed by atoms with Crippen molar-refractivity contribution in [2.24, 2.45) is 0 Å².